The van der Waals surface area contributed by atoms with Gasteiger partial charge in [-0.3, -0.25) is 9.69 Å². The lowest BCUT2D eigenvalue weighted by Crippen LogP contribution is -2.37. The summed E-state index contributed by atoms with van der Waals surface area (Å²) < 4.78 is 5.70. The van der Waals surface area contributed by atoms with E-state index in [0.29, 0.717) is 43.1 Å². The number of rotatable bonds is 7. The molecule has 2 aliphatic rings. The first-order valence-electron chi connectivity index (χ1n) is 11.3. The van der Waals surface area contributed by atoms with Crippen LogP contribution in [0.2, 0.25) is 0 Å². The minimum Gasteiger partial charge on any atom is -0.463 e. The molecule has 2 aromatic rings. The third kappa shape index (κ3) is 4.82. The van der Waals surface area contributed by atoms with Crippen LogP contribution >= 0.6 is 0 Å². The molecule has 2 aliphatic heterocycles. The van der Waals surface area contributed by atoms with Crippen molar-refractivity contribution >= 4 is 17.4 Å². The Balaban J connectivity index is 1.56. The molecular formula is C24H33N5O2. The van der Waals surface area contributed by atoms with Crippen LogP contribution in [-0.2, 0) is 30.7 Å². The molecule has 0 atom stereocenters. The lowest BCUT2D eigenvalue weighted by Gasteiger charge is -2.33. The summed E-state index contributed by atoms with van der Waals surface area (Å²) in [5, 5.41) is 0. The number of nitrogen functional groups attached to an aromatic ring is 1. The van der Waals surface area contributed by atoms with E-state index in [-0.39, 0.29) is 12.2 Å². The van der Waals surface area contributed by atoms with Gasteiger partial charge in [-0.15, -0.1) is 0 Å². The SMILES string of the molecule is CCCCOc1nc(N)c2c(n1)N(Cc1ccc3c(c1)CCN(C(C)C)C3)CC(=O)C2. The highest BCUT2D eigenvalue weighted by Crippen LogP contribution is 2.31. The highest BCUT2D eigenvalue weighted by Gasteiger charge is 2.28. The lowest BCUT2D eigenvalue weighted by atomic mass is 9.96. The second-order valence-corrected chi connectivity index (χ2v) is 8.88. The quantitative estimate of drug-likeness (QED) is 0.685. The summed E-state index contributed by atoms with van der Waals surface area (Å²) in [6.45, 7) is 10.2. The molecule has 0 unspecified atom stereocenters. The zero-order chi connectivity index (χ0) is 22.0. The first-order valence-corrected chi connectivity index (χ1v) is 11.3. The molecule has 0 fully saturated rings. The van der Waals surface area contributed by atoms with Gasteiger partial charge in [0, 0.05) is 37.7 Å². The molecule has 0 saturated carbocycles. The van der Waals surface area contributed by atoms with Gasteiger partial charge in [0.05, 0.1) is 13.2 Å². The summed E-state index contributed by atoms with van der Waals surface area (Å²) >= 11 is 0. The first-order chi connectivity index (χ1) is 14.9. The Bertz CT molecular complexity index is 959. The molecule has 0 spiro atoms. The third-order valence-corrected chi connectivity index (χ3v) is 6.18. The molecule has 0 bridgehead atoms. The van der Waals surface area contributed by atoms with E-state index >= 15 is 0 Å². The summed E-state index contributed by atoms with van der Waals surface area (Å²) in [5.74, 6) is 1.20. The van der Waals surface area contributed by atoms with Crippen molar-refractivity contribution in [2.24, 2.45) is 0 Å². The summed E-state index contributed by atoms with van der Waals surface area (Å²) in [6.07, 6.45) is 3.31. The van der Waals surface area contributed by atoms with Gasteiger partial charge in [0.1, 0.15) is 11.6 Å². The number of carbonyl (C=O) groups is 1. The standard InChI is InChI=1S/C24H33N5O2/c1-4-5-10-31-24-26-22(25)21-12-20(30)15-29(23(21)27-24)13-17-6-7-19-14-28(16(2)3)9-8-18(19)11-17/h6-7,11,16H,4-5,8-10,12-15H2,1-3H3,(H2,25,26,27). The predicted octanol–water partition coefficient (Wildman–Crippen LogP) is 3.14. The predicted molar refractivity (Wildman–Crippen MR) is 122 cm³/mol. The van der Waals surface area contributed by atoms with Crippen LogP contribution in [0.1, 0.15) is 55.9 Å². The van der Waals surface area contributed by atoms with E-state index in [1.807, 2.05) is 4.90 Å². The average molecular weight is 424 g/mol. The van der Waals surface area contributed by atoms with Crippen LogP contribution in [0.5, 0.6) is 6.01 Å². The van der Waals surface area contributed by atoms with Gasteiger partial charge in [-0.25, -0.2) is 0 Å². The van der Waals surface area contributed by atoms with E-state index in [0.717, 1.165) is 38.2 Å². The number of anilines is 2. The van der Waals surface area contributed by atoms with Gasteiger partial charge in [0.2, 0.25) is 0 Å². The monoisotopic (exact) mass is 423 g/mol. The number of aromatic nitrogens is 2. The number of fused-ring (bicyclic) bond motifs is 2. The summed E-state index contributed by atoms with van der Waals surface area (Å²) in [5.41, 5.74) is 10.9. The fourth-order valence-electron chi connectivity index (χ4n) is 4.33. The number of benzene rings is 1. The Morgan fingerprint density at radius 3 is 2.81 bits per heavy atom. The molecule has 0 radical (unpaired) electrons. The second-order valence-electron chi connectivity index (χ2n) is 8.88. The number of nitrogens with two attached hydrogens (primary N) is 1. The summed E-state index contributed by atoms with van der Waals surface area (Å²) in [4.78, 5) is 25.8. The Morgan fingerprint density at radius 1 is 1.19 bits per heavy atom. The van der Waals surface area contributed by atoms with Crippen molar-refractivity contribution in [3.05, 3.63) is 40.5 Å². The van der Waals surface area contributed by atoms with Crippen molar-refractivity contribution in [3.8, 4) is 6.01 Å². The van der Waals surface area contributed by atoms with Gasteiger partial charge in [-0.05, 0) is 43.4 Å². The normalized spacial score (nSPS) is 16.4. The fourth-order valence-corrected chi connectivity index (χ4v) is 4.33. The zero-order valence-corrected chi connectivity index (χ0v) is 18.9. The third-order valence-electron chi connectivity index (χ3n) is 6.18. The molecule has 1 aromatic heterocycles. The van der Waals surface area contributed by atoms with Crippen LogP contribution in [-0.4, -0.2) is 46.4 Å². The van der Waals surface area contributed by atoms with E-state index < -0.39 is 0 Å². The largest absolute Gasteiger partial charge is 0.463 e. The van der Waals surface area contributed by atoms with Crippen LogP contribution in [0.3, 0.4) is 0 Å². The number of ketones is 1. The first kappa shape index (κ1) is 21.6. The topological polar surface area (TPSA) is 84.6 Å². The van der Waals surface area contributed by atoms with Crippen molar-refractivity contribution in [1.82, 2.24) is 14.9 Å². The van der Waals surface area contributed by atoms with Crippen molar-refractivity contribution < 1.29 is 9.53 Å². The Labute approximate surface area is 184 Å². The van der Waals surface area contributed by atoms with E-state index in [1.54, 1.807) is 0 Å². The lowest BCUT2D eigenvalue weighted by molar-refractivity contribution is -0.117. The van der Waals surface area contributed by atoms with E-state index in [4.69, 9.17) is 10.5 Å². The number of ether oxygens (including phenoxy) is 1. The summed E-state index contributed by atoms with van der Waals surface area (Å²) in [6, 6.07) is 7.55. The number of Topliss-reactive ketones (excluding diaryl/α,β-unsaturated/α-hetero) is 1. The second kappa shape index (κ2) is 9.22. The molecular weight excluding hydrogens is 390 g/mol. The van der Waals surface area contributed by atoms with Crippen LogP contribution < -0.4 is 15.4 Å². The minimum atomic E-state index is 0.132. The number of nitrogens with zero attached hydrogens (tertiary/aromatic N) is 4. The summed E-state index contributed by atoms with van der Waals surface area (Å²) in [7, 11) is 0. The molecule has 0 saturated heterocycles. The van der Waals surface area contributed by atoms with E-state index in [1.165, 1.54) is 16.7 Å². The fraction of sp³-hybridized carbons (Fsp3) is 0.542. The molecule has 3 heterocycles. The number of hydrogen-bond donors (Lipinski definition) is 1. The van der Waals surface area contributed by atoms with Gasteiger partial charge in [0.15, 0.2) is 5.78 Å². The minimum absolute atomic E-state index is 0.132. The van der Waals surface area contributed by atoms with Crippen LogP contribution in [0.15, 0.2) is 18.2 Å². The molecule has 0 aliphatic carbocycles. The molecule has 2 N–H and O–H groups in total. The molecule has 7 heteroatoms. The highest BCUT2D eigenvalue weighted by atomic mass is 16.5. The van der Waals surface area contributed by atoms with Crippen LogP contribution in [0.25, 0.3) is 0 Å². The van der Waals surface area contributed by atoms with E-state index in [2.05, 4.69) is 53.8 Å². The van der Waals surface area contributed by atoms with Crippen molar-refractivity contribution in [3.63, 3.8) is 0 Å². The van der Waals surface area contributed by atoms with Gasteiger partial charge in [0.25, 0.3) is 0 Å². The molecule has 166 valence electrons. The maximum atomic E-state index is 12.4. The number of hydrogen-bond acceptors (Lipinski definition) is 7. The Morgan fingerprint density at radius 2 is 2.03 bits per heavy atom. The van der Waals surface area contributed by atoms with Crippen molar-refractivity contribution in [2.75, 3.05) is 30.3 Å². The number of carbonyl (C=O) groups excluding carboxylic acids is 1. The Kier molecular flexibility index (Phi) is 6.41. The molecule has 7 nitrogen and oxygen atoms in total. The zero-order valence-electron chi connectivity index (χ0n) is 18.9. The molecule has 0 amide bonds. The van der Waals surface area contributed by atoms with Gasteiger partial charge >= 0.3 is 6.01 Å². The smallest absolute Gasteiger partial charge is 0.320 e. The highest BCUT2D eigenvalue weighted by molar-refractivity contribution is 5.91. The maximum absolute atomic E-state index is 12.4. The molecule has 4 rings (SSSR count). The van der Waals surface area contributed by atoms with Crippen LogP contribution in [0.4, 0.5) is 11.6 Å². The maximum Gasteiger partial charge on any atom is 0.320 e. The molecule has 31 heavy (non-hydrogen) atoms. The van der Waals surface area contributed by atoms with Gasteiger partial charge in [-0.2, -0.15) is 9.97 Å². The Hall–Kier alpha value is -2.67. The van der Waals surface area contributed by atoms with Gasteiger partial charge in [-0.1, -0.05) is 31.5 Å². The van der Waals surface area contributed by atoms with Gasteiger partial charge < -0.3 is 15.4 Å². The van der Waals surface area contributed by atoms with Crippen molar-refractivity contribution in [1.29, 1.82) is 0 Å². The van der Waals surface area contributed by atoms with Crippen LogP contribution in [0, 0.1) is 0 Å². The number of unbranched alkanes of at least 4 members (excludes halogenated alkanes) is 1. The molecule has 1 aromatic carbocycles. The van der Waals surface area contributed by atoms with Crippen molar-refractivity contribution in [2.45, 2.75) is 65.6 Å². The average Bonchev–Trinajstić information content (AvgIpc) is 2.74. The van der Waals surface area contributed by atoms with E-state index in [9.17, 15) is 4.79 Å².